The highest BCUT2D eigenvalue weighted by atomic mass is 32.2. The number of benzene rings is 1. The Morgan fingerprint density at radius 1 is 1.25 bits per heavy atom. The van der Waals surface area contributed by atoms with Gasteiger partial charge in [0.15, 0.2) is 20.4 Å². The molecule has 8 heteroatoms. The topological polar surface area (TPSA) is 81.6 Å². The Morgan fingerprint density at radius 2 is 2.00 bits per heavy atom. The van der Waals surface area contributed by atoms with Gasteiger partial charge in [-0.1, -0.05) is 18.2 Å². The molecule has 124 valence electrons. The second-order valence-corrected chi connectivity index (χ2v) is 7.92. The van der Waals surface area contributed by atoms with E-state index in [1.54, 1.807) is 41.4 Å². The highest BCUT2D eigenvalue weighted by Crippen LogP contribution is 2.20. The van der Waals surface area contributed by atoms with E-state index in [2.05, 4.69) is 4.99 Å². The minimum Gasteiger partial charge on any atom is -0.459 e. The number of hydrogen-bond donors (Lipinski definition) is 0. The molecule has 0 spiro atoms. The Balaban J connectivity index is 1.92. The number of thiazole rings is 1. The normalized spacial score (nSPS) is 12.5. The Kier molecular flexibility index (Phi) is 4.50. The van der Waals surface area contributed by atoms with E-state index in [4.69, 9.17) is 4.42 Å². The molecule has 1 aromatic carbocycles. The van der Waals surface area contributed by atoms with Crippen molar-refractivity contribution in [2.75, 3.05) is 0 Å². The van der Waals surface area contributed by atoms with Crippen LogP contribution in [0, 0.1) is 0 Å². The number of hydrogen-bond acceptors (Lipinski definition) is 5. The smallest absolute Gasteiger partial charge is 0.315 e. The van der Waals surface area contributed by atoms with E-state index < -0.39 is 15.7 Å². The van der Waals surface area contributed by atoms with Crippen molar-refractivity contribution in [1.29, 1.82) is 0 Å². The van der Waals surface area contributed by atoms with Gasteiger partial charge in [0.1, 0.15) is 0 Å². The zero-order chi connectivity index (χ0) is 17.2. The van der Waals surface area contributed by atoms with Gasteiger partial charge in [0, 0.05) is 24.2 Å². The first-order chi connectivity index (χ1) is 11.5. The van der Waals surface area contributed by atoms with Gasteiger partial charge in [0.25, 0.3) is 0 Å². The maximum absolute atomic E-state index is 12.5. The van der Waals surface area contributed by atoms with E-state index in [0.717, 1.165) is 0 Å². The molecule has 0 atom stereocenters. The second-order valence-electron chi connectivity index (χ2n) is 5.06. The predicted molar refractivity (Wildman–Crippen MR) is 89.2 cm³/mol. The molecule has 0 saturated heterocycles. The molecule has 3 aromatic rings. The minimum atomic E-state index is -3.57. The van der Waals surface area contributed by atoms with Crippen molar-refractivity contribution in [1.82, 2.24) is 4.57 Å². The number of carbonyl (C=O) groups is 1. The van der Waals surface area contributed by atoms with Gasteiger partial charge in [0.05, 0.1) is 16.9 Å². The first-order valence-electron chi connectivity index (χ1n) is 7.01. The monoisotopic (exact) mass is 362 g/mol. The number of rotatable bonds is 4. The van der Waals surface area contributed by atoms with Crippen LogP contribution in [0.1, 0.15) is 16.1 Å². The van der Waals surface area contributed by atoms with Crippen LogP contribution in [-0.4, -0.2) is 18.9 Å². The summed E-state index contributed by atoms with van der Waals surface area (Å²) in [7, 11) is -1.80. The molecule has 0 N–H and O–H groups in total. The van der Waals surface area contributed by atoms with Gasteiger partial charge in [-0.25, -0.2) is 8.42 Å². The second kappa shape index (κ2) is 6.58. The van der Waals surface area contributed by atoms with Crippen molar-refractivity contribution in [3.63, 3.8) is 0 Å². The van der Waals surface area contributed by atoms with Gasteiger partial charge in [-0.2, -0.15) is 4.99 Å². The minimum absolute atomic E-state index is 0.0529. The average Bonchev–Trinajstić information content (AvgIpc) is 3.17. The van der Waals surface area contributed by atoms with Gasteiger partial charge < -0.3 is 8.98 Å². The molecular formula is C16H14N2O4S2. The lowest BCUT2D eigenvalue weighted by Crippen LogP contribution is -2.13. The summed E-state index contributed by atoms with van der Waals surface area (Å²) in [6, 6.07) is 9.57. The van der Waals surface area contributed by atoms with E-state index >= 15 is 0 Å². The summed E-state index contributed by atoms with van der Waals surface area (Å²) in [5.74, 6) is -0.972. The zero-order valence-corrected chi connectivity index (χ0v) is 14.4. The standard InChI is InChI=1S/C16H14N2O4S2/c1-18-8-10-23-16(18)17-15(19)14-12(7-9-22-14)11-24(20,21)13-5-3-2-4-6-13/h2-10H,11H2,1H3. The number of nitrogens with zero attached hydrogens (tertiary/aromatic N) is 2. The summed E-state index contributed by atoms with van der Waals surface area (Å²) in [5, 5.41) is 1.80. The molecule has 0 aliphatic carbocycles. The van der Waals surface area contributed by atoms with Crippen LogP contribution in [0.25, 0.3) is 0 Å². The maximum Gasteiger partial charge on any atom is 0.315 e. The number of amides is 1. The van der Waals surface area contributed by atoms with Crippen molar-refractivity contribution < 1.29 is 17.6 Å². The fraction of sp³-hybridized carbons (Fsp3) is 0.125. The highest BCUT2D eigenvalue weighted by Gasteiger charge is 2.22. The van der Waals surface area contributed by atoms with E-state index in [1.165, 1.54) is 35.8 Å². The van der Waals surface area contributed by atoms with Crippen LogP contribution in [-0.2, 0) is 22.6 Å². The average molecular weight is 362 g/mol. The summed E-state index contributed by atoms with van der Waals surface area (Å²) in [6.07, 6.45) is 3.08. The highest BCUT2D eigenvalue weighted by molar-refractivity contribution is 7.90. The van der Waals surface area contributed by atoms with Gasteiger partial charge in [-0.3, -0.25) is 4.79 Å². The lowest BCUT2D eigenvalue weighted by Gasteiger charge is -2.03. The number of furan rings is 1. The van der Waals surface area contributed by atoms with Crippen LogP contribution in [0.2, 0.25) is 0 Å². The quantitative estimate of drug-likeness (QED) is 0.714. The third-order valence-electron chi connectivity index (χ3n) is 3.35. The van der Waals surface area contributed by atoms with Gasteiger partial charge in [-0.15, -0.1) is 11.3 Å². The molecule has 6 nitrogen and oxygen atoms in total. The summed E-state index contributed by atoms with van der Waals surface area (Å²) in [4.78, 5) is 17.0. The third-order valence-corrected chi connectivity index (χ3v) is 5.88. The van der Waals surface area contributed by atoms with E-state index in [0.29, 0.717) is 10.4 Å². The summed E-state index contributed by atoms with van der Waals surface area (Å²) in [5.41, 5.74) is 0.298. The number of aromatic nitrogens is 1. The first-order valence-corrected chi connectivity index (χ1v) is 9.54. The van der Waals surface area contributed by atoms with Crippen molar-refractivity contribution >= 4 is 27.1 Å². The summed E-state index contributed by atoms with van der Waals surface area (Å²) >= 11 is 1.31. The Labute approximate surface area is 142 Å². The largest absolute Gasteiger partial charge is 0.459 e. The molecule has 0 radical (unpaired) electrons. The van der Waals surface area contributed by atoms with E-state index in [1.807, 2.05) is 0 Å². The SMILES string of the molecule is Cn1ccsc1=NC(=O)c1occc1CS(=O)(=O)c1ccccc1. The molecule has 0 aliphatic heterocycles. The molecule has 24 heavy (non-hydrogen) atoms. The Bertz CT molecular complexity index is 1030. The molecule has 2 heterocycles. The molecule has 1 amide bonds. The molecule has 3 rings (SSSR count). The maximum atomic E-state index is 12.5. The first kappa shape index (κ1) is 16.4. The fourth-order valence-electron chi connectivity index (χ4n) is 2.13. The Hall–Kier alpha value is -2.45. The van der Waals surface area contributed by atoms with Gasteiger partial charge in [0.2, 0.25) is 0 Å². The van der Waals surface area contributed by atoms with Gasteiger partial charge >= 0.3 is 5.91 Å². The van der Waals surface area contributed by atoms with E-state index in [9.17, 15) is 13.2 Å². The number of aryl methyl sites for hydroxylation is 1. The molecule has 0 fully saturated rings. The van der Waals surface area contributed by atoms with Crippen LogP contribution >= 0.6 is 11.3 Å². The number of sulfone groups is 1. The van der Waals surface area contributed by atoms with Gasteiger partial charge in [-0.05, 0) is 18.2 Å². The molecule has 2 aromatic heterocycles. The van der Waals surface area contributed by atoms with Crippen LogP contribution in [0.5, 0.6) is 0 Å². The van der Waals surface area contributed by atoms with Crippen LogP contribution in [0.15, 0.2) is 68.5 Å². The van der Waals surface area contributed by atoms with Crippen LogP contribution in [0.4, 0.5) is 0 Å². The van der Waals surface area contributed by atoms with Crippen LogP contribution < -0.4 is 4.80 Å². The Morgan fingerprint density at radius 3 is 2.67 bits per heavy atom. The van der Waals surface area contributed by atoms with Crippen LogP contribution in [0.3, 0.4) is 0 Å². The molecular weight excluding hydrogens is 348 g/mol. The zero-order valence-electron chi connectivity index (χ0n) is 12.7. The predicted octanol–water partition coefficient (Wildman–Crippen LogP) is 2.39. The lowest BCUT2D eigenvalue weighted by molar-refractivity contribution is 0.0970. The van der Waals surface area contributed by atoms with Crippen molar-refractivity contribution in [3.05, 3.63) is 70.4 Å². The molecule has 0 saturated carbocycles. The summed E-state index contributed by atoms with van der Waals surface area (Å²) < 4.78 is 31.8. The number of carbonyl (C=O) groups excluding carboxylic acids is 1. The molecule has 0 bridgehead atoms. The van der Waals surface area contributed by atoms with Crippen molar-refractivity contribution in [3.8, 4) is 0 Å². The van der Waals surface area contributed by atoms with E-state index in [-0.39, 0.29) is 16.4 Å². The third kappa shape index (κ3) is 3.39. The molecule has 0 unspecified atom stereocenters. The van der Waals surface area contributed by atoms with Crippen molar-refractivity contribution in [2.45, 2.75) is 10.6 Å². The fourth-order valence-corrected chi connectivity index (χ4v) is 4.23. The molecule has 0 aliphatic rings. The lowest BCUT2D eigenvalue weighted by atomic mass is 10.3. The van der Waals surface area contributed by atoms with Crippen molar-refractivity contribution in [2.24, 2.45) is 12.0 Å². The summed E-state index contributed by atoms with van der Waals surface area (Å²) in [6.45, 7) is 0.